The summed E-state index contributed by atoms with van der Waals surface area (Å²) < 4.78 is 16.7. The molecule has 0 saturated heterocycles. The van der Waals surface area contributed by atoms with E-state index in [2.05, 4.69) is 130 Å². The minimum absolute atomic E-state index is 0.124. The minimum atomic E-state index is -0.826. The van der Waals surface area contributed by atoms with E-state index in [0.717, 1.165) is 96.3 Å². The molecule has 0 heterocycles. The van der Waals surface area contributed by atoms with Gasteiger partial charge in [0.15, 0.2) is 6.10 Å². The smallest absolute Gasteiger partial charge is 0.306 e. The van der Waals surface area contributed by atoms with Gasteiger partial charge in [-0.15, -0.1) is 0 Å². The molecular weight excluding hydrogens is 817 g/mol. The van der Waals surface area contributed by atoms with Gasteiger partial charge in [0, 0.05) is 19.3 Å². The average molecular weight is 913 g/mol. The lowest BCUT2D eigenvalue weighted by Gasteiger charge is -2.18. The van der Waals surface area contributed by atoms with E-state index in [0.29, 0.717) is 19.3 Å². The Labute approximate surface area is 405 Å². The summed E-state index contributed by atoms with van der Waals surface area (Å²) in [6.07, 6.45) is 73.4. The lowest BCUT2D eigenvalue weighted by Crippen LogP contribution is -2.30. The number of carbonyl (C=O) groups is 3. The van der Waals surface area contributed by atoms with Crippen molar-refractivity contribution < 1.29 is 28.6 Å². The molecule has 1 unspecified atom stereocenters. The normalized spacial score (nSPS) is 13.1. The lowest BCUT2D eigenvalue weighted by atomic mass is 10.0. The molecule has 66 heavy (non-hydrogen) atoms. The van der Waals surface area contributed by atoms with Crippen molar-refractivity contribution in [2.24, 2.45) is 0 Å². The van der Waals surface area contributed by atoms with Crippen molar-refractivity contribution in [3.63, 3.8) is 0 Å². The number of hydrogen-bond acceptors (Lipinski definition) is 6. The summed E-state index contributed by atoms with van der Waals surface area (Å²) in [4.78, 5) is 38.0. The Balaban J connectivity index is 4.53. The van der Waals surface area contributed by atoms with Crippen LogP contribution in [-0.2, 0) is 28.6 Å². The summed E-state index contributed by atoms with van der Waals surface area (Å²) in [6.45, 7) is 6.29. The van der Waals surface area contributed by atoms with Gasteiger partial charge in [-0.05, 0) is 96.3 Å². The Morgan fingerprint density at radius 1 is 0.318 bits per heavy atom. The van der Waals surface area contributed by atoms with Gasteiger partial charge in [0.2, 0.25) is 0 Å². The quantitative estimate of drug-likeness (QED) is 0.0262. The van der Waals surface area contributed by atoms with Gasteiger partial charge in [0.05, 0.1) is 0 Å². The predicted octanol–water partition coefficient (Wildman–Crippen LogP) is 17.7. The molecule has 0 aliphatic rings. The molecule has 0 aliphatic carbocycles. The van der Waals surface area contributed by atoms with Crippen LogP contribution in [0.15, 0.2) is 122 Å². The van der Waals surface area contributed by atoms with Crippen LogP contribution in [0.1, 0.15) is 220 Å². The first-order valence-corrected chi connectivity index (χ1v) is 26.5. The summed E-state index contributed by atoms with van der Waals surface area (Å²) in [5.41, 5.74) is 0. The van der Waals surface area contributed by atoms with E-state index in [-0.39, 0.29) is 44.0 Å². The number of hydrogen-bond donors (Lipinski definition) is 0. The maximum Gasteiger partial charge on any atom is 0.306 e. The fourth-order valence-corrected chi connectivity index (χ4v) is 6.81. The third-order valence-electron chi connectivity index (χ3n) is 10.7. The summed E-state index contributed by atoms with van der Waals surface area (Å²) >= 11 is 0. The zero-order chi connectivity index (χ0) is 47.9. The van der Waals surface area contributed by atoms with Gasteiger partial charge in [0.25, 0.3) is 0 Å². The van der Waals surface area contributed by atoms with Gasteiger partial charge in [-0.1, -0.05) is 226 Å². The molecule has 6 nitrogen and oxygen atoms in total. The number of esters is 3. The van der Waals surface area contributed by atoms with Crippen LogP contribution in [0.5, 0.6) is 0 Å². The first kappa shape index (κ1) is 61.8. The molecule has 0 amide bonds. The summed E-state index contributed by atoms with van der Waals surface area (Å²) in [5.74, 6) is -1.05. The molecule has 0 aromatic rings. The molecule has 0 aromatic carbocycles. The van der Waals surface area contributed by atoms with Gasteiger partial charge in [-0.25, -0.2) is 0 Å². The SMILES string of the molecule is CC/C=C\C/C=C\C/C=C\C/C=C\C/C=C\C/C=C\CCCCC(=O)OCC(COC(=O)CC/C=C\C/C=C\C/C=C\C/C=C\CC)OC(=O)CCCCCCCCCCCCCCCC. The highest BCUT2D eigenvalue weighted by Gasteiger charge is 2.19. The van der Waals surface area contributed by atoms with Crippen molar-refractivity contribution in [3.05, 3.63) is 122 Å². The highest BCUT2D eigenvalue weighted by atomic mass is 16.6. The van der Waals surface area contributed by atoms with Gasteiger partial charge in [-0.2, -0.15) is 0 Å². The molecule has 0 radical (unpaired) electrons. The molecule has 372 valence electrons. The van der Waals surface area contributed by atoms with E-state index in [1.807, 2.05) is 12.2 Å². The molecule has 0 spiro atoms. The predicted molar refractivity (Wildman–Crippen MR) is 283 cm³/mol. The maximum absolute atomic E-state index is 12.8. The Hall–Kier alpha value is -4.19. The topological polar surface area (TPSA) is 78.9 Å². The third kappa shape index (κ3) is 50.8. The monoisotopic (exact) mass is 913 g/mol. The number of unbranched alkanes of at least 4 members (excludes halogenated alkanes) is 15. The highest BCUT2D eigenvalue weighted by molar-refractivity contribution is 5.71. The van der Waals surface area contributed by atoms with Crippen LogP contribution in [0.2, 0.25) is 0 Å². The van der Waals surface area contributed by atoms with Crippen molar-refractivity contribution >= 4 is 17.9 Å². The molecular formula is C60H96O6. The molecule has 0 bridgehead atoms. The van der Waals surface area contributed by atoms with Crippen LogP contribution < -0.4 is 0 Å². The van der Waals surface area contributed by atoms with Gasteiger partial charge >= 0.3 is 17.9 Å². The van der Waals surface area contributed by atoms with Crippen LogP contribution in [-0.4, -0.2) is 37.2 Å². The van der Waals surface area contributed by atoms with Crippen molar-refractivity contribution in [1.82, 2.24) is 0 Å². The lowest BCUT2D eigenvalue weighted by molar-refractivity contribution is -0.166. The van der Waals surface area contributed by atoms with E-state index >= 15 is 0 Å². The van der Waals surface area contributed by atoms with E-state index < -0.39 is 6.10 Å². The van der Waals surface area contributed by atoms with Crippen LogP contribution in [0.25, 0.3) is 0 Å². The molecule has 0 fully saturated rings. The minimum Gasteiger partial charge on any atom is -0.462 e. The van der Waals surface area contributed by atoms with Crippen molar-refractivity contribution in [1.29, 1.82) is 0 Å². The van der Waals surface area contributed by atoms with Crippen molar-refractivity contribution in [2.75, 3.05) is 13.2 Å². The number of ether oxygens (including phenoxy) is 3. The highest BCUT2D eigenvalue weighted by Crippen LogP contribution is 2.14. The molecule has 0 rings (SSSR count). The fourth-order valence-electron chi connectivity index (χ4n) is 6.81. The van der Waals surface area contributed by atoms with Crippen LogP contribution in [0.4, 0.5) is 0 Å². The standard InChI is InChI=1S/C60H96O6/c1-4-7-10-13-16-19-22-25-27-28-29-30-31-32-33-36-38-41-44-47-50-53-59(62)65-56-57(55-64-58(61)52-49-46-43-40-37-34-24-21-18-15-12-9-6-3)66-60(63)54-51-48-45-42-39-35-26-23-20-17-14-11-8-5-2/h7,9-10,12,16,18-19,21,25,27,29-30,32-34,37-38,41,43,46,57H,4-6,8,11,13-15,17,20,22-24,26,28,31,35-36,39-40,42,44-45,47-56H2,1-3H3/b10-7-,12-9-,19-16-,21-18-,27-25-,30-29-,33-32-,37-34-,41-38-,46-43-. The first-order valence-electron chi connectivity index (χ1n) is 26.5. The summed E-state index contributed by atoms with van der Waals surface area (Å²) in [5, 5.41) is 0. The Bertz CT molecular complexity index is 1420. The van der Waals surface area contributed by atoms with Crippen LogP contribution in [0, 0.1) is 0 Å². The zero-order valence-corrected chi connectivity index (χ0v) is 42.4. The second-order valence-corrected chi connectivity index (χ2v) is 17.0. The average Bonchev–Trinajstić information content (AvgIpc) is 3.31. The Morgan fingerprint density at radius 3 is 1.02 bits per heavy atom. The van der Waals surface area contributed by atoms with E-state index in [9.17, 15) is 14.4 Å². The van der Waals surface area contributed by atoms with E-state index in [1.165, 1.54) is 70.6 Å². The molecule has 0 saturated carbocycles. The molecule has 0 N–H and O–H groups in total. The van der Waals surface area contributed by atoms with Crippen LogP contribution >= 0.6 is 0 Å². The number of rotatable bonds is 46. The van der Waals surface area contributed by atoms with Crippen LogP contribution in [0.3, 0.4) is 0 Å². The number of allylic oxidation sites excluding steroid dienone is 20. The largest absolute Gasteiger partial charge is 0.462 e. The second kappa shape index (κ2) is 53.4. The first-order chi connectivity index (χ1) is 32.5. The van der Waals surface area contributed by atoms with E-state index in [1.54, 1.807) is 0 Å². The van der Waals surface area contributed by atoms with Gasteiger partial charge < -0.3 is 14.2 Å². The maximum atomic E-state index is 12.8. The molecule has 6 heteroatoms. The summed E-state index contributed by atoms with van der Waals surface area (Å²) in [7, 11) is 0. The molecule has 0 aromatic heterocycles. The molecule has 0 aliphatic heterocycles. The fraction of sp³-hybridized carbons (Fsp3) is 0.617. The Morgan fingerprint density at radius 2 is 0.621 bits per heavy atom. The van der Waals surface area contributed by atoms with Gasteiger partial charge in [-0.3, -0.25) is 14.4 Å². The van der Waals surface area contributed by atoms with Crippen molar-refractivity contribution in [3.8, 4) is 0 Å². The van der Waals surface area contributed by atoms with E-state index in [4.69, 9.17) is 14.2 Å². The third-order valence-corrected chi connectivity index (χ3v) is 10.7. The number of carbonyl (C=O) groups excluding carboxylic acids is 3. The second-order valence-electron chi connectivity index (χ2n) is 17.0. The zero-order valence-electron chi connectivity index (χ0n) is 42.4. The molecule has 1 atom stereocenters. The van der Waals surface area contributed by atoms with Gasteiger partial charge in [0.1, 0.15) is 13.2 Å². The summed E-state index contributed by atoms with van der Waals surface area (Å²) in [6, 6.07) is 0. The van der Waals surface area contributed by atoms with Crippen molar-refractivity contribution in [2.45, 2.75) is 226 Å². The Kier molecular flexibility index (Phi) is 50.0.